The maximum Gasteiger partial charge on any atom is 0.251 e. The lowest BCUT2D eigenvalue weighted by Crippen LogP contribution is -2.63. The number of hydrogen-bond donors (Lipinski definition) is 4. The molecule has 1 fully saturated rings. The number of nitrogens with one attached hydrogen (secondary N) is 1. The van der Waals surface area contributed by atoms with Crippen LogP contribution in [0.15, 0.2) is 17.2 Å². The smallest absolute Gasteiger partial charge is 0.251 e. The summed E-state index contributed by atoms with van der Waals surface area (Å²) in [6.45, 7) is 1.13. The molecule has 1 saturated heterocycles. The Morgan fingerprint density at radius 2 is 1.96 bits per heavy atom. The van der Waals surface area contributed by atoms with Gasteiger partial charge in [0.15, 0.2) is 0 Å². The van der Waals surface area contributed by atoms with Gasteiger partial charge in [0.2, 0.25) is 0 Å². The van der Waals surface area contributed by atoms with E-state index in [0.29, 0.717) is 0 Å². The number of azide groups is 1. The van der Waals surface area contributed by atoms with Crippen LogP contribution in [-0.4, -0.2) is 58.3 Å². The van der Waals surface area contributed by atoms with E-state index in [1.54, 1.807) is 6.92 Å². The molecule has 1 heterocycles. The summed E-state index contributed by atoms with van der Waals surface area (Å²) in [5.41, 5.74) is 8.54. The van der Waals surface area contributed by atoms with Gasteiger partial charge in [-0.1, -0.05) is 28.3 Å². The van der Waals surface area contributed by atoms with E-state index in [0.717, 1.165) is 0 Å². The first-order chi connectivity index (χ1) is 11.8. The molecule has 2 rings (SSSR count). The molecule has 1 aliphatic rings. The highest BCUT2D eigenvalue weighted by Gasteiger charge is 2.43. The summed E-state index contributed by atoms with van der Waals surface area (Å²) in [7, 11) is 0. The van der Waals surface area contributed by atoms with Crippen molar-refractivity contribution in [2.45, 2.75) is 37.4 Å². The molecule has 0 aliphatic carbocycles. The van der Waals surface area contributed by atoms with Crippen LogP contribution in [0.5, 0.6) is 0 Å². The van der Waals surface area contributed by atoms with Crippen LogP contribution in [0, 0.1) is 0 Å². The zero-order valence-electron chi connectivity index (χ0n) is 13.0. The number of aliphatic hydroxyl groups excluding tert-OH is 3. The minimum absolute atomic E-state index is 0.00186. The van der Waals surface area contributed by atoms with Crippen molar-refractivity contribution in [3.8, 4) is 0 Å². The zero-order valence-corrected chi connectivity index (χ0v) is 14.5. The minimum atomic E-state index is -1.36. The van der Waals surface area contributed by atoms with Gasteiger partial charge < -0.3 is 25.4 Å². The molecular weight excluding hydrogens is 375 g/mol. The van der Waals surface area contributed by atoms with Gasteiger partial charge in [-0.05, 0) is 24.6 Å². The molecule has 2 unspecified atom stereocenters. The van der Waals surface area contributed by atoms with Gasteiger partial charge in [-0.2, -0.15) is 0 Å². The Balaban J connectivity index is 2.20. The first kappa shape index (κ1) is 19.7. The van der Waals surface area contributed by atoms with E-state index in [1.165, 1.54) is 12.1 Å². The van der Waals surface area contributed by atoms with E-state index >= 15 is 0 Å². The first-order valence-electron chi connectivity index (χ1n) is 7.27. The number of carbonyl (C=O) groups is 1. The molecule has 0 aromatic heterocycles. The van der Waals surface area contributed by atoms with Gasteiger partial charge in [-0.25, -0.2) is 0 Å². The van der Waals surface area contributed by atoms with Gasteiger partial charge in [0.05, 0.1) is 34.5 Å². The summed E-state index contributed by atoms with van der Waals surface area (Å²) in [5, 5.41) is 35.1. The van der Waals surface area contributed by atoms with Crippen LogP contribution in [-0.2, 0) is 4.74 Å². The van der Waals surface area contributed by atoms with E-state index in [4.69, 9.17) is 38.6 Å². The molecule has 11 heteroatoms. The Morgan fingerprint density at radius 1 is 1.36 bits per heavy atom. The Morgan fingerprint density at radius 3 is 2.48 bits per heavy atom. The van der Waals surface area contributed by atoms with E-state index < -0.39 is 43.0 Å². The van der Waals surface area contributed by atoms with Crippen LogP contribution in [0.3, 0.4) is 0 Å². The lowest BCUT2D eigenvalue weighted by atomic mass is 9.93. The highest BCUT2D eigenvalue weighted by Crippen LogP contribution is 2.34. The molecule has 5 atom stereocenters. The van der Waals surface area contributed by atoms with Gasteiger partial charge in [0, 0.05) is 10.5 Å². The van der Waals surface area contributed by atoms with Gasteiger partial charge in [-0.15, -0.1) is 0 Å². The molecule has 0 radical (unpaired) electrons. The maximum atomic E-state index is 12.4. The molecule has 136 valence electrons. The van der Waals surface area contributed by atoms with Gasteiger partial charge in [0.25, 0.3) is 5.91 Å². The summed E-state index contributed by atoms with van der Waals surface area (Å²) in [5.74, 6) is -0.620. The molecule has 1 aromatic carbocycles. The Kier molecular flexibility index (Phi) is 6.47. The third-order valence-corrected chi connectivity index (χ3v) is 4.47. The number of rotatable bonds is 4. The Labute approximate surface area is 152 Å². The van der Waals surface area contributed by atoms with Crippen molar-refractivity contribution < 1.29 is 24.9 Å². The second kappa shape index (κ2) is 8.20. The molecule has 1 amide bonds. The van der Waals surface area contributed by atoms with E-state index in [9.17, 15) is 15.0 Å². The van der Waals surface area contributed by atoms with Crippen molar-refractivity contribution in [1.82, 2.24) is 5.32 Å². The zero-order chi connectivity index (χ0) is 18.7. The maximum absolute atomic E-state index is 12.4. The number of hydrogen-bond acceptors (Lipinski definition) is 6. The molecule has 0 spiro atoms. The Bertz CT molecular complexity index is 689. The largest absolute Gasteiger partial charge is 0.394 e. The van der Waals surface area contributed by atoms with Crippen molar-refractivity contribution in [3.63, 3.8) is 0 Å². The predicted molar refractivity (Wildman–Crippen MR) is 90.0 cm³/mol. The van der Waals surface area contributed by atoms with Crippen molar-refractivity contribution in [2.24, 2.45) is 5.11 Å². The fourth-order valence-electron chi connectivity index (χ4n) is 2.58. The average molecular weight is 391 g/mol. The molecule has 9 nitrogen and oxygen atoms in total. The SMILES string of the molecule is C[C@H]1OC(CO)[C@H](O)[C@H](O)C1NC(=O)c1cc(Cl)c(N=[N+]=[N-])c(Cl)c1. The number of amides is 1. The van der Waals surface area contributed by atoms with Gasteiger partial charge in [-0.3, -0.25) is 4.79 Å². The minimum Gasteiger partial charge on any atom is -0.394 e. The van der Waals surface area contributed by atoms with Crippen LogP contribution in [0.1, 0.15) is 17.3 Å². The summed E-state index contributed by atoms with van der Waals surface area (Å²) >= 11 is 11.9. The fraction of sp³-hybridized carbons (Fsp3) is 0.500. The summed E-state index contributed by atoms with van der Waals surface area (Å²) in [4.78, 5) is 15.0. The molecule has 1 aliphatic heterocycles. The molecule has 25 heavy (non-hydrogen) atoms. The fourth-order valence-corrected chi connectivity index (χ4v) is 3.14. The third kappa shape index (κ3) is 4.16. The van der Waals surface area contributed by atoms with Crippen molar-refractivity contribution in [2.75, 3.05) is 6.61 Å². The normalized spacial score (nSPS) is 29.0. The monoisotopic (exact) mass is 390 g/mol. The number of carbonyl (C=O) groups excluding carboxylic acids is 1. The number of halogens is 2. The summed E-state index contributed by atoms with van der Waals surface area (Å²) < 4.78 is 5.38. The number of benzene rings is 1. The first-order valence-corrected chi connectivity index (χ1v) is 8.03. The lowest BCUT2D eigenvalue weighted by Gasteiger charge is -2.41. The van der Waals surface area contributed by atoms with Crippen LogP contribution in [0.4, 0.5) is 5.69 Å². The van der Waals surface area contributed by atoms with Crippen molar-refractivity contribution in [3.05, 3.63) is 38.2 Å². The summed E-state index contributed by atoms with van der Waals surface area (Å²) in [6, 6.07) is 1.61. The topological polar surface area (TPSA) is 148 Å². The van der Waals surface area contributed by atoms with Gasteiger partial charge >= 0.3 is 0 Å². The summed E-state index contributed by atoms with van der Waals surface area (Å²) in [6.07, 6.45) is -4.29. The number of ether oxygens (including phenoxy) is 1. The molecule has 0 bridgehead atoms. The molecule has 4 N–H and O–H groups in total. The molecular formula is C14H16Cl2N4O5. The number of aliphatic hydroxyl groups is 3. The molecule has 0 saturated carbocycles. The van der Waals surface area contributed by atoms with E-state index in [2.05, 4.69) is 15.3 Å². The van der Waals surface area contributed by atoms with E-state index in [-0.39, 0.29) is 21.3 Å². The molecule has 1 aromatic rings. The highest BCUT2D eigenvalue weighted by atomic mass is 35.5. The van der Waals surface area contributed by atoms with Crippen LogP contribution in [0.2, 0.25) is 10.0 Å². The standard InChI is InChI=1S/C14H16Cl2N4O5/c1-5-10(13(23)12(22)9(4-21)25-5)18-14(24)6-2-7(15)11(19-20-17)8(16)3-6/h2-3,5,9-10,12-13,21-23H,4H2,1H3,(H,18,24)/t5-,9?,10?,12+,13-/m1/s1. The van der Waals surface area contributed by atoms with Crippen LogP contribution < -0.4 is 5.32 Å². The number of nitrogens with zero attached hydrogens (tertiary/aromatic N) is 3. The quantitative estimate of drug-likeness (QED) is 0.349. The average Bonchev–Trinajstić information content (AvgIpc) is 2.57. The lowest BCUT2D eigenvalue weighted by molar-refractivity contribution is -0.187. The Hall–Kier alpha value is -1.58. The second-order valence-electron chi connectivity index (χ2n) is 5.52. The van der Waals surface area contributed by atoms with Crippen LogP contribution >= 0.6 is 23.2 Å². The third-order valence-electron chi connectivity index (χ3n) is 3.90. The van der Waals surface area contributed by atoms with E-state index in [1.807, 2.05) is 0 Å². The van der Waals surface area contributed by atoms with Crippen molar-refractivity contribution in [1.29, 1.82) is 0 Å². The van der Waals surface area contributed by atoms with Crippen LogP contribution in [0.25, 0.3) is 10.4 Å². The highest BCUT2D eigenvalue weighted by molar-refractivity contribution is 6.39. The van der Waals surface area contributed by atoms with Gasteiger partial charge in [0.1, 0.15) is 18.3 Å². The van der Waals surface area contributed by atoms with Crippen molar-refractivity contribution >= 4 is 34.8 Å². The second-order valence-corrected chi connectivity index (χ2v) is 6.33. The predicted octanol–water partition coefficient (Wildman–Crippen LogP) is 1.53.